The van der Waals surface area contributed by atoms with Crippen LogP contribution < -0.4 is 10.1 Å². The predicted molar refractivity (Wildman–Crippen MR) is 138 cm³/mol. The molecular weight excluding hydrogens is 482 g/mol. The molecule has 4 rings (SSSR count). The Morgan fingerprint density at radius 2 is 2.03 bits per heavy atom. The quantitative estimate of drug-likeness (QED) is 0.352. The van der Waals surface area contributed by atoms with Crippen molar-refractivity contribution < 1.29 is 23.0 Å². The number of carbonyl (C=O) groups is 1. The van der Waals surface area contributed by atoms with Gasteiger partial charge in [0.2, 0.25) is 17.7 Å². The van der Waals surface area contributed by atoms with Crippen LogP contribution in [0.5, 0.6) is 5.88 Å². The molecular formula is C26H32F2N6O3. The second-order valence-corrected chi connectivity index (χ2v) is 8.85. The number of aromatic nitrogens is 4. The molecule has 11 heteroatoms. The van der Waals surface area contributed by atoms with Crippen molar-refractivity contribution in [1.29, 1.82) is 0 Å². The molecule has 1 amide bonds. The molecule has 0 aromatic carbocycles. The van der Waals surface area contributed by atoms with E-state index in [0.717, 1.165) is 29.2 Å². The minimum atomic E-state index is -2.91. The predicted octanol–water partition coefficient (Wildman–Crippen LogP) is 5.35. The number of alkyl halides is 2. The normalized spacial score (nSPS) is 16.2. The van der Waals surface area contributed by atoms with Gasteiger partial charge in [-0.25, -0.2) is 23.3 Å². The van der Waals surface area contributed by atoms with Gasteiger partial charge in [-0.1, -0.05) is 34.3 Å². The van der Waals surface area contributed by atoms with Gasteiger partial charge < -0.3 is 14.8 Å². The zero-order chi connectivity index (χ0) is 27.5. The van der Waals surface area contributed by atoms with Crippen molar-refractivity contribution in [1.82, 2.24) is 19.6 Å². The van der Waals surface area contributed by atoms with Gasteiger partial charge in [0.15, 0.2) is 5.65 Å². The Bertz CT molecular complexity index is 1350. The van der Waals surface area contributed by atoms with Gasteiger partial charge in [-0.05, 0) is 19.4 Å². The molecule has 9 nitrogen and oxygen atoms in total. The van der Waals surface area contributed by atoms with Gasteiger partial charge in [0, 0.05) is 35.0 Å². The Kier molecular flexibility index (Phi) is 8.25. The lowest BCUT2D eigenvalue weighted by atomic mass is 9.88. The molecule has 1 aliphatic carbocycles. The average Bonchev–Trinajstić information content (AvgIpc) is 3.38. The molecule has 1 atom stereocenters. The smallest absolute Gasteiger partial charge is 0.264 e. The monoisotopic (exact) mass is 514 g/mol. The maximum atomic E-state index is 14.0. The van der Waals surface area contributed by atoms with Crippen LogP contribution in [-0.4, -0.2) is 45.6 Å². The lowest BCUT2D eigenvalue weighted by Crippen LogP contribution is -2.23. The van der Waals surface area contributed by atoms with E-state index in [1.165, 1.54) is 14.2 Å². The minimum Gasteiger partial charge on any atom is -0.480 e. The number of aliphatic imine (C=N–C) groups is 1. The SMILES string of the molecule is C=CN=C(OC)c1c(C(F)F)cc(NC(=O)C2CC(C)(C)c3c2cnc2cc(C)nn32)nc1OC.CC. The van der Waals surface area contributed by atoms with Crippen LogP contribution in [0.4, 0.5) is 14.6 Å². The number of rotatable bonds is 6. The van der Waals surface area contributed by atoms with Crippen LogP contribution in [0.3, 0.4) is 0 Å². The number of nitrogens with one attached hydrogen (secondary N) is 1. The molecule has 3 aromatic heterocycles. The summed E-state index contributed by atoms with van der Waals surface area (Å²) in [6, 6.07) is 2.97. The van der Waals surface area contributed by atoms with E-state index in [9.17, 15) is 13.6 Å². The number of ether oxygens (including phenoxy) is 2. The Morgan fingerprint density at radius 3 is 2.62 bits per heavy atom. The number of methoxy groups -OCH3 is 2. The molecule has 3 heterocycles. The third kappa shape index (κ3) is 5.16. The second-order valence-electron chi connectivity index (χ2n) is 8.85. The van der Waals surface area contributed by atoms with Crippen molar-refractivity contribution in [3.05, 3.63) is 59.2 Å². The number of halogens is 2. The molecule has 0 radical (unpaired) electrons. The largest absolute Gasteiger partial charge is 0.480 e. The Balaban J connectivity index is 0.00000186. The summed E-state index contributed by atoms with van der Waals surface area (Å²) >= 11 is 0. The van der Waals surface area contributed by atoms with Crippen molar-refractivity contribution in [3.8, 4) is 5.88 Å². The molecule has 0 saturated heterocycles. The highest BCUT2D eigenvalue weighted by Crippen LogP contribution is 2.46. The lowest BCUT2D eigenvalue weighted by molar-refractivity contribution is -0.117. The molecule has 3 aromatic rings. The Morgan fingerprint density at radius 1 is 1.32 bits per heavy atom. The fraction of sp³-hybridized carbons (Fsp3) is 0.423. The maximum Gasteiger partial charge on any atom is 0.264 e. The molecule has 0 spiro atoms. The Labute approximate surface area is 214 Å². The molecule has 0 bridgehead atoms. The molecule has 0 aliphatic heterocycles. The third-order valence-corrected chi connectivity index (χ3v) is 5.99. The second kappa shape index (κ2) is 11.0. The van der Waals surface area contributed by atoms with Crippen LogP contribution in [-0.2, 0) is 14.9 Å². The molecule has 0 saturated carbocycles. The standard InChI is InChI=1S/C24H26F2N6O3.C2H6/c1-7-27-22(34-5)18-13(20(25)26)9-16(30-23(18)35-6)29-21(33)14-10-24(3,4)19-15(14)11-28-17-8-12(2)31-32(17)19;1-2/h7-9,11,14,20H,1,10H2,2-6H3,(H,29,30,33);1-2H3. The van der Waals surface area contributed by atoms with Crippen molar-refractivity contribution in [3.63, 3.8) is 0 Å². The Hall–Kier alpha value is -3.89. The summed E-state index contributed by atoms with van der Waals surface area (Å²) in [5.41, 5.74) is 2.23. The van der Waals surface area contributed by atoms with E-state index >= 15 is 0 Å². The average molecular weight is 515 g/mol. The molecule has 198 valence electrons. The highest BCUT2D eigenvalue weighted by molar-refractivity contribution is 6.00. The molecule has 1 N–H and O–H groups in total. The summed E-state index contributed by atoms with van der Waals surface area (Å²) < 4.78 is 40.1. The number of hydrogen-bond donors (Lipinski definition) is 1. The lowest BCUT2D eigenvalue weighted by Gasteiger charge is -2.19. The molecule has 1 unspecified atom stereocenters. The third-order valence-electron chi connectivity index (χ3n) is 5.99. The topological polar surface area (TPSA) is 103 Å². The van der Waals surface area contributed by atoms with Gasteiger partial charge in [-0.15, -0.1) is 0 Å². The van der Waals surface area contributed by atoms with Crippen molar-refractivity contribution >= 4 is 23.3 Å². The van der Waals surface area contributed by atoms with E-state index in [0.29, 0.717) is 12.1 Å². The molecule has 0 fully saturated rings. The number of aryl methyl sites for hydroxylation is 1. The van der Waals surface area contributed by atoms with E-state index in [2.05, 4.69) is 32.0 Å². The number of pyridine rings is 1. The van der Waals surface area contributed by atoms with Gasteiger partial charge >= 0.3 is 0 Å². The first-order chi connectivity index (χ1) is 17.6. The van der Waals surface area contributed by atoms with Crippen LogP contribution >= 0.6 is 0 Å². The zero-order valence-electron chi connectivity index (χ0n) is 22.1. The van der Waals surface area contributed by atoms with Gasteiger partial charge in [0.05, 0.1) is 31.5 Å². The number of amides is 1. The number of hydrogen-bond acceptors (Lipinski definition) is 7. The van der Waals surface area contributed by atoms with Crippen LogP contribution in [0.15, 0.2) is 36.1 Å². The fourth-order valence-corrected chi connectivity index (χ4v) is 4.60. The van der Waals surface area contributed by atoms with Gasteiger partial charge in [0.1, 0.15) is 11.4 Å². The highest BCUT2D eigenvalue weighted by atomic mass is 19.3. The first-order valence-electron chi connectivity index (χ1n) is 11.9. The molecule has 37 heavy (non-hydrogen) atoms. The number of nitrogens with zero attached hydrogens (tertiary/aromatic N) is 5. The summed E-state index contributed by atoms with van der Waals surface area (Å²) in [5, 5.41) is 7.22. The van der Waals surface area contributed by atoms with Gasteiger partial charge in [-0.3, -0.25) is 4.79 Å². The van der Waals surface area contributed by atoms with Gasteiger partial charge in [-0.2, -0.15) is 10.1 Å². The summed E-state index contributed by atoms with van der Waals surface area (Å²) in [6.45, 7) is 13.4. The number of anilines is 1. The number of carbonyl (C=O) groups excluding carboxylic acids is 1. The van der Waals surface area contributed by atoms with E-state index in [1.54, 1.807) is 10.7 Å². The van der Waals surface area contributed by atoms with Crippen molar-refractivity contribution in [2.24, 2.45) is 4.99 Å². The first kappa shape index (κ1) is 27.7. The fourth-order valence-electron chi connectivity index (χ4n) is 4.60. The van der Waals surface area contributed by atoms with Crippen LogP contribution in [0.25, 0.3) is 5.65 Å². The highest BCUT2D eigenvalue weighted by Gasteiger charge is 2.43. The summed E-state index contributed by atoms with van der Waals surface area (Å²) in [5.74, 6) is -1.33. The first-order valence-corrected chi connectivity index (χ1v) is 11.9. The van der Waals surface area contributed by atoms with E-state index in [-0.39, 0.29) is 28.6 Å². The zero-order valence-corrected chi connectivity index (χ0v) is 22.1. The van der Waals surface area contributed by atoms with Crippen molar-refractivity contribution in [2.75, 3.05) is 19.5 Å². The minimum absolute atomic E-state index is 0.0739. The van der Waals surface area contributed by atoms with Crippen molar-refractivity contribution in [2.45, 2.75) is 58.8 Å². The van der Waals surface area contributed by atoms with E-state index < -0.39 is 23.8 Å². The van der Waals surface area contributed by atoms with Crippen LogP contribution in [0.2, 0.25) is 0 Å². The van der Waals surface area contributed by atoms with E-state index in [4.69, 9.17) is 9.47 Å². The van der Waals surface area contributed by atoms with Crippen LogP contribution in [0.1, 0.15) is 74.5 Å². The van der Waals surface area contributed by atoms with Gasteiger partial charge in [0.25, 0.3) is 6.43 Å². The number of fused-ring (bicyclic) bond motifs is 3. The maximum absolute atomic E-state index is 14.0. The summed E-state index contributed by atoms with van der Waals surface area (Å²) in [4.78, 5) is 25.9. The molecule has 1 aliphatic rings. The summed E-state index contributed by atoms with van der Waals surface area (Å²) in [7, 11) is 2.57. The van der Waals surface area contributed by atoms with E-state index in [1.807, 2.05) is 40.7 Å². The van der Waals surface area contributed by atoms with Crippen LogP contribution in [0, 0.1) is 6.92 Å². The summed E-state index contributed by atoms with van der Waals surface area (Å²) in [6.07, 6.45) is 0.428.